The Hall–Kier alpha value is -3.88. The second kappa shape index (κ2) is 32.9. The monoisotopic (exact) mass is 1410 g/mol. The predicted octanol–water partition coefficient (Wildman–Crippen LogP) is 2.44. The zero-order chi connectivity index (χ0) is 63.3. The number of fused-ring (bicyclic) bond motifs is 2. The highest BCUT2D eigenvalue weighted by Gasteiger charge is 2.50. The number of carbonyl (C=O) groups excluding carboxylic acids is 5. The van der Waals surface area contributed by atoms with Gasteiger partial charge in [0, 0.05) is 67.6 Å². The molecule has 9 N–H and O–H groups in total. The lowest BCUT2D eigenvalue weighted by Gasteiger charge is -2.45. The summed E-state index contributed by atoms with van der Waals surface area (Å²) >= 11 is 3.54. The molecule has 18 atom stereocenters. The van der Waals surface area contributed by atoms with E-state index in [2.05, 4.69) is 57.1 Å². The number of carbonyl (C=O) groups is 5. The number of methoxy groups -OCH3 is 4. The van der Waals surface area contributed by atoms with Crippen LogP contribution in [0.2, 0.25) is 0 Å². The fourth-order valence-corrected chi connectivity index (χ4v) is 16.2. The van der Waals surface area contributed by atoms with E-state index in [-0.39, 0.29) is 66.2 Å². The van der Waals surface area contributed by atoms with Gasteiger partial charge in [-0.2, -0.15) is 5.48 Å². The zero-order valence-electron chi connectivity index (χ0n) is 49.1. The van der Waals surface area contributed by atoms with Crippen molar-refractivity contribution in [3.05, 3.63) is 50.3 Å². The number of amides is 3. The van der Waals surface area contributed by atoms with Crippen LogP contribution < -0.4 is 30.7 Å². The van der Waals surface area contributed by atoms with E-state index in [1.165, 1.54) is 88.5 Å². The first kappa shape index (κ1) is 70.6. The zero-order valence-corrected chi connectivity index (χ0v) is 54.5. The Labute approximate surface area is 534 Å². The number of hydroxylamine groups is 1. The standard InChI is InChI=1S/C57H75IN4O21S4/c1-9-62(30(4)64)36-25-77-42(20-31(36)23-63)82-52-47(69)35(24-78-55(52)81-39-14-12-10-11-13-16-57(72)22-38(66)45(60-56(71)76-8)44(39)33(57)15-17-85-87-86-27-41(59)67)61-83-43-21-37(65)54(29(3)79-43)84-26-32-19-34(58)50(53(75-7)49(32)73-5)80-40-18-28(2)46(68)51(74-6)48(40)70/h10-11,15,19,23,28-29,31,35-37,39-40,42-43,46-48,51-52,54-55,61,65,68-70,72H,9,17-18,20-22,24-27H2,1-8H3,(H2,59,67)(H,60,71)/b11-10-,33-15+/t28?,29?,31?,35?,36?,37?,39-,40?,42?,43?,46?,47?,48?,51?,52?,54?,55?,57-/m0/s1. The Morgan fingerprint density at radius 2 is 1.69 bits per heavy atom. The molecule has 25 nitrogen and oxygen atoms in total. The minimum absolute atomic E-state index is 0.0197. The first-order chi connectivity index (χ1) is 41.6. The molecule has 2 bridgehead atoms. The maximum absolute atomic E-state index is 14.1. The minimum Gasteiger partial charge on any atom is -0.492 e. The molecule has 4 fully saturated rings. The van der Waals surface area contributed by atoms with Gasteiger partial charge in [-0.15, -0.1) is 11.8 Å². The molecule has 0 aromatic heterocycles. The topological polar surface area (TPSA) is 341 Å². The summed E-state index contributed by atoms with van der Waals surface area (Å²) in [5.74, 6) is 10.3. The summed E-state index contributed by atoms with van der Waals surface area (Å²) in [5.41, 5.74) is 6.33. The van der Waals surface area contributed by atoms with Gasteiger partial charge in [-0.1, -0.05) is 58.3 Å². The number of hydrogen-bond donors (Lipinski definition) is 8. The molecule has 1 aromatic rings. The highest BCUT2D eigenvalue weighted by atomic mass is 127. The number of aliphatic hydroxyl groups excluding tert-OH is 4. The van der Waals surface area contributed by atoms with Crippen LogP contribution in [0.25, 0.3) is 0 Å². The number of allylic oxidation sites excluding steroid dienone is 3. The molecule has 480 valence electrons. The number of benzene rings is 1. The fraction of sp³-hybridized carbons (Fsp3) is 0.632. The first-order valence-corrected chi connectivity index (χ1v) is 33.8. The van der Waals surface area contributed by atoms with E-state index < -0.39 is 127 Å². The molecule has 87 heavy (non-hydrogen) atoms. The van der Waals surface area contributed by atoms with Crippen molar-refractivity contribution in [1.29, 1.82) is 0 Å². The number of likely N-dealkylation sites (N-methyl/N-ethyl adjacent to an activating group) is 1. The predicted molar refractivity (Wildman–Crippen MR) is 329 cm³/mol. The van der Waals surface area contributed by atoms with Crippen molar-refractivity contribution in [3.63, 3.8) is 0 Å². The smallest absolute Gasteiger partial charge is 0.411 e. The molecule has 0 radical (unpaired) electrons. The second-order valence-electron chi connectivity index (χ2n) is 21.1. The number of aliphatic hydroxyl groups is 5. The van der Waals surface area contributed by atoms with Crippen molar-refractivity contribution in [3.8, 4) is 40.9 Å². The number of hydrogen-bond acceptors (Lipinski definition) is 26. The average molecular weight is 1410 g/mol. The molecule has 1 aromatic carbocycles. The van der Waals surface area contributed by atoms with Crippen LogP contribution in [0.5, 0.6) is 17.2 Å². The molecule has 6 aliphatic rings. The van der Waals surface area contributed by atoms with E-state index in [4.69, 9.17) is 57.9 Å². The van der Waals surface area contributed by atoms with Crippen LogP contribution in [-0.4, -0.2) is 217 Å². The van der Waals surface area contributed by atoms with Gasteiger partial charge in [-0.25, -0.2) is 4.79 Å². The van der Waals surface area contributed by atoms with Gasteiger partial charge in [0.2, 0.25) is 17.6 Å². The van der Waals surface area contributed by atoms with Crippen LogP contribution in [0.15, 0.2) is 41.1 Å². The van der Waals surface area contributed by atoms with Crippen molar-refractivity contribution >= 4 is 95.7 Å². The van der Waals surface area contributed by atoms with Gasteiger partial charge in [-0.3, -0.25) is 24.5 Å². The molecule has 1 saturated carbocycles. The van der Waals surface area contributed by atoms with Gasteiger partial charge < -0.3 is 88.3 Å². The molecule has 30 heteroatoms. The highest BCUT2D eigenvalue weighted by Crippen LogP contribution is 2.48. The summed E-state index contributed by atoms with van der Waals surface area (Å²) in [5, 5.41) is 60.1. The second-order valence-corrected chi connectivity index (χ2v) is 27.7. The highest BCUT2D eigenvalue weighted by molar-refractivity contribution is 14.1. The largest absolute Gasteiger partial charge is 0.492 e. The van der Waals surface area contributed by atoms with Crippen LogP contribution in [-0.2, 0) is 62.9 Å². The minimum atomic E-state index is -2.15. The number of thioether (sulfide) groups is 1. The third-order valence-electron chi connectivity index (χ3n) is 15.4. The number of ketones is 1. The van der Waals surface area contributed by atoms with E-state index in [1.807, 2.05) is 13.0 Å². The fourth-order valence-electron chi connectivity index (χ4n) is 11.1. The van der Waals surface area contributed by atoms with Crippen molar-refractivity contribution in [2.75, 3.05) is 59.7 Å². The van der Waals surface area contributed by atoms with Gasteiger partial charge in [0.15, 0.2) is 41.8 Å². The number of halogens is 1. The number of ether oxygens (including phenoxy) is 10. The van der Waals surface area contributed by atoms with Crippen molar-refractivity contribution in [2.24, 2.45) is 17.6 Å². The molecule has 3 amide bonds. The van der Waals surface area contributed by atoms with Crippen molar-refractivity contribution in [2.45, 2.75) is 156 Å². The Kier molecular flexibility index (Phi) is 26.7. The maximum Gasteiger partial charge on any atom is 0.411 e. The number of Topliss-reactive ketones (excluding diaryl/α,β-unsaturated/α-hetero) is 1. The van der Waals surface area contributed by atoms with Crippen molar-refractivity contribution in [1.82, 2.24) is 15.7 Å². The Bertz CT molecular complexity index is 2840. The Morgan fingerprint density at radius 1 is 0.943 bits per heavy atom. The molecule has 3 saturated heterocycles. The van der Waals surface area contributed by atoms with Gasteiger partial charge in [0.05, 0.1) is 91.6 Å². The van der Waals surface area contributed by atoms with E-state index in [1.54, 1.807) is 19.9 Å². The normalized spacial score (nSPS) is 34.1. The molecule has 3 aliphatic heterocycles. The number of aldehydes is 1. The van der Waals surface area contributed by atoms with Gasteiger partial charge >= 0.3 is 6.09 Å². The Balaban J connectivity index is 1.10. The lowest BCUT2D eigenvalue weighted by Crippen LogP contribution is -2.62. The third kappa shape index (κ3) is 17.4. The number of primary amides is 1. The number of rotatable bonds is 25. The van der Waals surface area contributed by atoms with E-state index in [9.17, 15) is 49.5 Å². The average Bonchev–Trinajstić information content (AvgIpc) is 0.906. The van der Waals surface area contributed by atoms with E-state index in [0.717, 1.165) is 12.7 Å². The van der Waals surface area contributed by atoms with Crippen LogP contribution in [0.3, 0.4) is 0 Å². The van der Waals surface area contributed by atoms with Gasteiger partial charge in [-0.05, 0) is 76.8 Å². The summed E-state index contributed by atoms with van der Waals surface area (Å²) in [6.07, 6.45) is -9.95. The number of nitrogens with one attached hydrogen (secondary N) is 2. The number of alkyl carbamates (subject to hydrolysis) is 1. The summed E-state index contributed by atoms with van der Waals surface area (Å²) in [7, 11) is 9.23. The SMILES string of the molecule is CCN(C(C)=O)C1COC(OC2C(O[C@H]3C#C/C=C\C#C[C@]4(O)CC(=O)C(NC(=O)OC)=C3/C4=C\CSSSCC(N)=O)OCC(NOC3CC(O)C(SCc4cc(I)c(OC5CC(C)C(O)C(OC)C5O)c(OC)c4OC)C(C)O3)C2O)CC1C=O. The Morgan fingerprint density at radius 3 is 2.36 bits per heavy atom. The molecule has 3 heterocycles. The van der Waals surface area contributed by atoms with Crippen molar-refractivity contribution < 1.29 is 102 Å². The van der Waals surface area contributed by atoms with Crippen LogP contribution in [0.4, 0.5) is 4.79 Å². The summed E-state index contributed by atoms with van der Waals surface area (Å²) < 4.78 is 61.1. The van der Waals surface area contributed by atoms with E-state index >= 15 is 0 Å². The maximum atomic E-state index is 14.1. The lowest BCUT2D eigenvalue weighted by molar-refractivity contribution is -0.322. The third-order valence-corrected chi connectivity index (χ3v) is 21.7. The van der Waals surface area contributed by atoms with Gasteiger partial charge in [0.1, 0.15) is 42.9 Å². The quantitative estimate of drug-likeness (QED) is 0.0174. The van der Waals surface area contributed by atoms with Crippen LogP contribution in [0, 0.1) is 39.1 Å². The molecule has 16 unspecified atom stereocenters. The van der Waals surface area contributed by atoms with E-state index in [0.29, 0.717) is 45.8 Å². The molecule has 0 spiro atoms. The summed E-state index contributed by atoms with van der Waals surface area (Å²) in [6, 6.07) is 0.142. The molecular formula is C57H75IN4O21S4. The molecular weight excluding hydrogens is 1330 g/mol. The first-order valence-electron chi connectivity index (χ1n) is 27.9. The summed E-state index contributed by atoms with van der Waals surface area (Å²) in [4.78, 5) is 71.3. The number of nitrogens with zero attached hydrogens (tertiary/aromatic N) is 1. The lowest BCUT2D eigenvalue weighted by atomic mass is 9.75. The molecule has 7 rings (SSSR count). The van der Waals surface area contributed by atoms with Crippen LogP contribution >= 0.6 is 65.8 Å². The van der Waals surface area contributed by atoms with Crippen LogP contribution in [0.1, 0.15) is 58.9 Å². The summed E-state index contributed by atoms with van der Waals surface area (Å²) in [6.45, 7) is 6.67. The molecule has 3 aliphatic carbocycles. The number of nitrogens with two attached hydrogens (primary N) is 1. The van der Waals surface area contributed by atoms with Gasteiger partial charge in [0.25, 0.3) is 0 Å².